The molecule has 0 radical (unpaired) electrons. The van der Waals surface area contributed by atoms with Gasteiger partial charge in [0.1, 0.15) is 0 Å². The van der Waals surface area contributed by atoms with Crippen molar-refractivity contribution in [3.8, 4) is 0 Å². The first-order valence-electron chi connectivity index (χ1n) is 7.56. The molecule has 7 heteroatoms. The molecular formula is C17H17N3O3S. The molecule has 0 spiro atoms. The second-order valence-electron chi connectivity index (χ2n) is 5.26. The number of imidazole rings is 1. The van der Waals surface area contributed by atoms with E-state index in [4.69, 9.17) is 0 Å². The van der Waals surface area contributed by atoms with Gasteiger partial charge in [-0.15, -0.1) is 0 Å². The minimum atomic E-state index is -3.78. The van der Waals surface area contributed by atoms with Gasteiger partial charge in [0.15, 0.2) is 5.78 Å². The number of Topliss-reactive ketones (excluding diaryl/α,β-unsaturated/α-hetero) is 1. The first-order chi connectivity index (χ1) is 11.5. The molecule has 0 saturated carbocycles. The summed E-state index contributed by atoms with van der Waals surface area (Å²) in [6.45, 7) is 1.85. The van der Waals surface area contributed by atoms with Gasteiger partial charge in [-0.2, -0.15) is 0 Å². The van der Waals surface area contributed by atoms with Gasteiger partial charge < -0.3 is 4.57 Å². The van der Waals surface area contributed by atoms with Crippen LogP contribution in [0.1, 0.15) is 17.3 Å². The molecule has 24 heavy (non-hydrogen) atoms. The number of carbonyl (C=O) groups excluding carboxylic acids is 1. The van der Waals surface area contributed by atoms with E-state index in [0.717, 1.165) is 0 Å². The Morgan fingerprint density at radius 2 is 1.75 bits per heavy atom. The maximum atomic E-state index is 12.5. The van der Waals surface area contributed by atoms with Crippen LogP contribution in [-0.4, -0.2) is 30.3 Å². The van der Waals surface area contributed by atoms with Crippen LogP contribution in [0.25, 0.3) is 11.0 Å². The first-order valence-corrected chi connectivity index (χ1v) is 9.04. The van der Waals surface area contributed by atoms with Gasteiger partial charge in [0.2, 0.25) is 5.16 Å². The lowest BCUT2D eigenvalue weighted by Crippen LogP contribution is -2.27. The Labute approximate surface area is 140 Å². The zero-order valence-corrected chi connectivity index (χ0v) is 14.0. The van der Waals surface area contributed by atoms with Gasteiger partial charge in [-0.05, 0) is 12.1 Å². The second-order valence-corrected chi connectivity index (χ2v) is 6.92. The fourth-order valence-corrected chi connectivity index (χ4v) is 3.71. The zero-order valence-electron chi connectivity index (χ0n) is 13.1. The van der Waals surface area contributed by atoms with Gasteiger partial charge in [0.25, 0.3) is 10.0 Å². The van der Waals surface area contributed by atoms with E-state index in [1.165, 1.54) is 4.57 Å². The summed E-state index contributed by atoms with van der Waals surface area (Å²) in [5.74, 6) is -0.174. The summed E-state index contributed by atoms with van der Waals surface area (Å²) >= 11 is 0. The van der Waals surface area contributed by atoms with Crippen molar-refractivity contribution in [1.82, 2.24) is 14.3 Å². The lowest BCUT2D eigenvalue weighted by Gasteiger charge is -2.09. The van der Waals surface area contributed by atoms with E-state index in [9.17, 15) is 13.2 Å². The average Bonchev–Trinajstić information content (AvgIpc) is 2.95. The number of aromatic nitrogens is 2. The molecule has 124 valence electrons. The van der Waals surface area contributed by atoms with Crippen molar-refractivity contribution in [2.24, 2.45) is 0 Å². The third-order valence-electron chi connectivity index (χ3n) is 3.59. The fraction of sp³-hybridized carbons (Fsp3) is 0.176. The van der Waals surface area contributed by atoms with Crippen LogP contribution in [0.15, 0.2) is 59.8 Å². The summed E-state index contributed by atoms with van der Waals surface area (Å²) < 4.78 is 28.7. The summed E-state index contributed by atoms with van der Waals surface area (Å²) in [7, 11) is -3.78. The van der Waals surface area contributed by atoms with Gasteiger partial charge in [0, 0.05) is 12.1 Å². The van der Waals surface area contributed by atoms with Crippen LogP contribution < -0.4 is 4.72 Å². The van der Waals surface area contributed by atoms with Gasteiger partial charge in [0.05, 0.1) is 17.6 Å². The fourth-order valence-electron chi connectivity index (χ4n) is 2.52. The van der Waals surface area contributed by atoms with Gasteiger partial charge in [-0.25, -0.2) is 18.1 Å². The van der Waals surface area contributed by atoms with Gasteiger partial charge >= 0.3 is 0 Å². The zero-order chi connectivity index (χ0) is 17.2. The smallest absolute Gasteiger partial charge is 0.274 e. The molecule has 0 aliphatic rings. The number of ketones is 1. The molecule has 1 heterocycles. The Kier molecular flexibility index (Phi) is 4.46. The Hall–Kier alpha value is -2.51. The SMILES string of the molecule is CCNS(=O)(=O)c1nc2ccccc2n1CC(=O)c1ccccc1. The Morgan fingerprint density at radius 3 is 2.46 bits per heavy atom. The van der Waals surface area contributed by atoms with Crippen molar-refractivity contribution in [1.29, 1.82) is 0 Å². The lowest BCUT2D eigenvalue weighted by molar-refractivity contribution is 0.0970. The van der Waals surface area contributed by atoms with Crippen LogP contribution in [-0.2, 0) is 16.6 Å². The summed E-state index contributed by atoms with van der Waals surface area (Å²) in [6, 6.07) is 15.8. The van der Waals surface area contributed by atoms with Crippen LogP contribution in [0, 0.1) is 0 Å². The summed E-state index contributed by atoms with van der Waals surface area (Å²) in [5.41, 5.74) is 1.68. The molecule has 0 aliphatic heterocycles. The molecule has 0 atom stereocenters. The Bertz CT molecular complexity index is 979. The number of hydrogen-bond donors (Lipinski definition) is 1. The standard InChI is InChI=1S/C17H17N3O3S/c1-2-18-24(22,23)17-19-14-10-6-7-11-15(14)20(17)12-16(21)13-8-4-3-5-9-13/h3-11,18H,2,12H2,1H3. The number of carbonyl (C=O) groups is 1. The summed E-state index contributed by atoms with van der Waals surface area (Å²) in [4.78, 5) is 16.7. The molecule has 0 fully saturated rings. The van der Waals surface area contributed by atoms with E-state index in [-0.39, 0.29) is 24.0 Å². The summed E-state index contributed by atoms with van der Waals surface area (Å²) in [5, 5.41) is -0.144. The van der Waals surface area contributed by atoms with Crippen LogP contribution in [0.4, 0.5) is 0 Å². The number of rotatable bonds is 6. The predicted octanol–water partition coefficient (Wildman–Crippen LogP) is 2.22. The topological polar surface area (TPSA) is 81.1 Å². The molecule has 3 rings (SSSR count). The highest BCUT2D eigenvalue weighted by molar-refractivity contribution is 7.89. The van der Waals surface area contributed by atoms with E-state index in [1.807, 2.05) is 6.07 Å². The van der Waals surface area contributed by atoms with Crippen LogP contribution in [0.5, 0.6) is 0 Å². The minimum Gasteiger partial charge on any atom is -0.306 e. The molecule has 0 bridgehead atoms. The molecule has 0 saturated heterocycles. The van der Waals surface area contributed by atoms with E-state index >= 15 is 0 Å². The van der Waals surface area contributed by atoms with Gasteiger partial charge in [-0.1, -0.05) is 49.4 Å². The molecule has 0 unspecified atom stereocenters. The van der Waals surface area contributed by atoms with Crippen molar-refractivity contribution in [3.05, 3.63) is 60.2 Å². The molecule has 3 aromatic rings. The minimum absolute atomic E-state index is 0.0928. The molecular weight excluding hydrogens is 326 g/mol. The van der Waals surface area contributed by atoms with Crippen molar-refractivity contribution in [2.75, 3.05) is 6.54 Å². The number of para-hydroxylation sites is 2. The monoisotopic (exact) mass is 343 g/mol. The van der Waals surface area contributed by atoms with Gasteiger partial charge in [-0.3, -0.25) is 4.79 Å². The third-order valence-corrected chi connectivity index (χ3v) is 5.05. The van der Waals surface area contributed by atoms with Crippen molar-refractivity contribution in [2.45, 2.75) is 18.6 Å². The van der Waals surface area contributed by atoms with Crippen LogP contribution in [0.2, 0.25) is 0 Å². The normalized spacial score (nSPS) is 11.7. The second kappa shape index (κ2) is 6.54. The third kappa shape index (κ3) is 3.08. The van der Waals surface area contributed by atoms with Crippen molar-refractivity contribution in [3.63, 3.8) is 0 Å². The Morgan fingerprint density at radius 1 is 1.08 bits per heavy atom. The average molecular weight is 343 g/mol. The van der Waals surface area contributed by atoms with Crippen LogP contribution in [0.3, 0.4) is 0 Å². The maximum Gasteiger partial charge on any atom is 0.274 e. The maximum absolute atomic E-state index is 12.5. The number of fused-ring (bicyclic) bond motifs is 1. The number of hydrogen-bond acceptors (Lipinski definition) is 4. The van der Waals surface area contributed by atoms with E-state index in [1.54, 1.807) is 55.5 Å². The molecule has 0 aliphatic carbocycles. The van der Waals surface area contributed by atoms with E-state index < -0.39 is 10.0 Å². The number of benzene rings is 2. The molecule has 1 N–H and O–H groups in total. The molecule has 1 aromatic heterocycles. The van der Waals surface area contributed by atoms with E-state index in [2.05, 4.69) is 9.71 Å². The molecule has 6 nitrogen and oxygen atoms in total. The highest BCUT2D eigenvalue weighted by atomic mass is 32.2. The highest BCUT2D eigenvalue weighted by Gasteiger charge is 2.24. The van der Waals surface area contributed by atoms with E-state index in [0.29, 0.717) is 16.6 Å². The lowest BCUT2D eigenvalue weighted by atomic mass is 10.1. The predicted molar refractivity (Wildman–Crippen MR) is 91.4 cm³/mol. The molecule has 2 aromatic carbocycles. The van der Waals surface area contributed by atoms with Crippen molar-refractivity contribution >= 4 is 26.8 Å². The largest absolute Gasteiger partial charge is 0.306 e. The molecule has 0 amide bonds. The Balaban J connectivity index is 2.10. The first kappa shape index (κ1) is 16.4. The number of nitrogens with zero attached hydrogens (tertiary/aromatic N) is 2. The van der Waals surface area contributed by atoms with Crippen molar-refractivity contribution < 1.29 is 13.2 Å². The number of nitrogens with one attached hydrogen (secondary N) is 1. The quantitative estimate of drug-likeness (QED) is 0.696. The number of sulfonamides is 1. The summed E-state index contributed by atoms with van der Waals surface area (Å²) in [6.07, 6.45) is 0. The van der Waals surface area contributed by atoms with Crippen LogP contribution >= 0.6 is 0 Å². The highest BCUT2D eigenvalue weighted by Crippen LogP contribution is 2.20.